The molecule has 1 unspecified atom stereocenters. The fourth-order valence-corrected chi connectivity index (χ4v) is 2.16. The lowest BCUT2D eigenvalue weighted by Gasteiger charge is -2.14. The highest BCUT2D eigenvalue weighted by atomic mass is 14.9. The van der Waals surface area contributed by atoms with Crippen molar-refractivity contribution < 1.29 is 0 Å². The van der Waals surface area contributed by atoms with Crippen LogP contribution in [0, 0.1) is 5.92 Å². The molecule has 1 aromatic carbocycles. The zero-order valence-electron chi connectivity index (χ0n) is 12.3. The second-order valence-electron chi connectivity index (χ2n) is 5.77. The van der Waals surface area contributed by atoms with E-state index in [4.69, 9.17) is 0 Å². The number of hydrogen-bond donors (Lipinski definition) is 1. The Morgan fingerprint density at radius 3 is 2.33 bits per heavy atom. The molecule has 0 aromatic heterocycles. The summed E-state index contributed by atoms with van der Waals surface area (Å²) >= 11 is 0. The minimum atomic E-state index is 0.629. The van der Waals surface area contributed by atoms with E-state index in [1.165, 1.54) is 44.2 Å². The van der Waals surface area contributed by atoms with E-state index >= 15 is 0 Å². The molecule has 0 spiro atoms. The topological polar surface area (TPSA) is 12.0 Å². The maximum Gasteiger partial charge on any atom is 0.00418 e. The number of benzene rings is 1. The van der Waals surface area contributed by atoms with Crippen LogP contribution in [0.4, 0.5) is 0 Å². The van der Waals surface area contributed by atoms with Gasteiger partial charge in [-0.15, -0.1) is 0 Å². The molecule has 0 saturated heterocycles. The number of nitrogens with one attached hydrogen (secondary N) is 1. The van der Waals surface area contributed by atoms with Crippen LogP contribution in [0.3, 0.4) is 0 Å². The molecular formula is C17H29N. The third-order valence-electron chi connectivity index (χ3n) is 3.41. The SMILES string of the molecule is CC(C)CCCCNC(C)CCc1ccccc1. The van der Waals surface area contributed by atoms with Crippen LogP contribution >= 0.6 is 0 Å². The molecule has 0 aliphatic heterocycles. The summed E-state index contributed by atoms with van der Waals surface area (Å²) in [4.78, 5) is 0. The molecule has 1 atom stereocenters. The van der Waals surface area contributed by atoms with Gasteiger partial charge in [-0.25, -0.2) is 0 Å². The van der Waals surface area contributed by atoms with Crippen LogP contribution in [-0.2, 0) is 6.42 Å². The van der Waals surface area contributed by atoms with Crippen LogP contribution in [0.1, 0.15) is 52.0 Å². The van der Waals surface area contributed by atoms with Crippen LogP contribution in [0.15, 0.2) is 30.3 Å². The maximum atomic E-state index is 3.63. The van der Waals surface area contributed by atoms with E-state index in [2.05, 4.69) is 56.4 Å². The van der Waals surface area contributed by atoms with Gasteiger partial charge in [-0.1, -0.05) is 57.0 Å². The molecule has 18 heavy (non-hydrogen) atoms. The predicted octanol–water partition coefficient (Wildman–Crippen LogP) is 4.42. The highest BCUT2D eigenvalue weighted by Gasteiger charge is 2.01. The van der Waals surface area contributed by atoms with Crippen molar-refractivity contribution in [2.24, 2.45) is 5.92 Å². The molecule has 0 bridgehead atoms. The Morgan fingerprint density at radius 1 is 0.944 bits per heavy atom. The van der Waals surface area contributed by atoms with Gasteiger partial charge >= 0.3 is 0 Å². The van der Waals surface area contributed by atoms with E-state index in [1.807, 2.05) is 0 Å². The summed E-state index contributed by atoms with van der Waals surface area (Å²) < 4.78 is 0. The van der Waals surface area contributed by atoms with Crippen LogP contribution in [0.5, 0.6) is 0 Å². The number of unbranched alkanes of at least 4 members (excludes halogenated alkanes) is 1. The third kappa shape index (κ3) is 7.50. The maximum absolute atomic E-state index is 3.63. The highest BCUT2D eigenvalue weighted by molar-refractivity contribution is 5.14. The molecule has 1 nitrogen and oxygen atoms in total. The first-order valence-corrected chi connectivity index (χ1v) is 7.46. The van der Waals surface area contributed by atoms with E-state index in [1.54, 1.807) is 0 Å². The van der Waals surface area contributed by atoms with E-state index in [-0.39, 0.29) is 0 Å². The van der Waals surface area contributed by atoms with E-state index in [9.17, 15) is 0 Å². The van der Waals surface area contributed by atoms with Gasteiger partial charge in [-0.2, -0.15) is 0 Å². The summed E-state index contributed by atoms with van der Waals surface area (Å²) in [7, 11) is 0. The van der Waals surface area contributed by atoms with Crippen molar-refractivity contribution in [2.75, 3.05) is 6.54 Å². The van der Waals surface area contributed by atoms with Crippen LogP contribution in [-0.4, -0.2) is 12.6 Å². The molecule has 0 aliphatic carbocycles. The van der Waals surface area contributed by atoms with Gasteiger partial charge in [0, 0.05) is 6.04 Å². The largest absolute Gasteiger partial charge is 0.314 e. The van der Waals surface area contributed by atoms with E-state index < -0.39 is 0 Å². The number of aryl methyl sites for hydroxylation is 1. The zero-order valence-corrected chi connectivity index (χ0v) is 12.3. The monoisotopic (exact) mass is 247 g/mol. The Hall–Kier alpha value is -0.820. The standard InChI is InChI=1S/C17H29N/c1-15(2)9-7-8-14-18-16(3)12-13-17-10-5-4-6-11-17/h4-6,10-11,15-16,18H,7-9,12-14H2,1-3H3. The average Bonchev–Trinajstić information content (AvgIpc) is 2.37. The van der Waals surface area contributed by atoms with Gasteiger partial charge in [0.1, 0.15) is 0 Å². The fraction of sp³-hybridized carbons (Fsp3) is 0.647. The summed E-state index contributed by atoms with van der Waals surface area (Å²) in [5.74, 6) is 0.848. The first-order chi connectivity index (χ1) is 8.68. The molecule has 0 aliphatic rings. The molecule has 1 rings (SSSR count). The summed E-state index contributed by atoms with van der Waals surface area (Å²) in [5.41, 5.74) is 1.45. The van der Waals surface area contributed by atoms with Crippen molar-refractivity contribution in [3.05, 3.63) is 35.9 Å². The molecule has 0 heterocycles. The van der Waals surface area contributed by atoms with Crippen LogP contribution in [0.2, 0.25) is 0 Å². The van der Waals surface area contributed by atoms with Crippen molar-refractivity contribution >= 4 is 0 Å². The molecule has 0 saturated carbocycles. The van der Waals surface area contributed by atoms with E-state index in [0.717, 1.165) is 5.92 Å². The number of rotatable bonds is 9. The molecular weight excluding hydrogens is 218 g/mol. The van der Waals surface area contributed by atoms with Crippen LogP contribution in [0.25, 0.3) is 0 Å². The van der Waals surface area contributed by atoms with Gasteiger partial charge in [0.15, 0.2) is 0 Å². The van der Waals surface area contributed by atoms with Gasteiger partial charge in [-0.05, 0) is 44.2 Å². The van der Waals surface area contributed by atoms with Crippen molar-refractivity contribution in [3.8, 4) is 0 Å². The Balaban J connectivity index is 2.02. The number of hydrogen-bond acceptors (Lipinski definition) is 1. The molecule has 0 fully saturated rings. The Bertz CT molecular complexity index is 292. The molecule has 1 aromatic rings. The molecule has 0 radical (unpaired) electrons. The zero-order chi connectivity index (χ0) is 13.2. The fourth-order valence-electron chi connectivity index (χ4n) is 2.16. The quantitative estimate of drug-likeness (QED) is 0.637. The molecule has 102 valence electrons. The Kier molecular flexibility index (Phi) is 7.75. The second kappa shape index (κ2) is 9.16. The minimum Gasteiger partial charge on any atom is -0.314 e. The summed E-state index contributed by atoms with van der Waals surface area (Å²) in [6, 6.07) is 11.4. The normalized spacial score (nSPS) is 12.9. The second-order valence-corrected chi connectivity index (χ2v) is 5.77. The van der Waals surface area contributed by atoms with Gasteiger partial charge in [0.25, 0.3) is 0 Å². The van der Waals surface area contributed by atoms with E-state index in [0.29, 0.717) is 6.04 Å². The summed E-state index contributed by atoms with van der Waals surface area (Å²) in [5, 5.41) is 3.63. The lowest BCUT2D eigenvalue weighted by molar-refractivity contribution is 0.476. The van der Waals surface area contributed by atoms with Gasteiger partial charge in [0.2, 0.25) is 0 Å². The van der Waals surface area contributed by atoms with Gasteiger partial charge < -0.3 is 5.32 Å². The van der Waals surface area contributed by atoms with Crippen molar-refractivity contribution in [1.29, 1.82) is 0 Å². The lowest BCUT2D eigenvalue weighted by atomic mass is 10.1. The smallest absolute Gasteiger partial charge is 0.00418 e. The predicted molar refractivity (Wildman–Crippen MR) is 80.9 cm³/mol. The van der Waals surface area contributed by atoms with Crippen molar-refractivity contribution in [1.82, 2.24) is 5.32 Å². The van der Waals surface area contributed by atoms with Gasteiger partial charge in [0.05, 0.1) is 0 Å². The molecule has 1 N–H and O–H groups in total. The minimum absolute atomic E-state index is 0.629. The van der Waals surface area contributed by atoms with Gasteiger partial charge in [-0.3, -0.25) is 0 Å². The summed E-state index contributed by atoms with van der Waals surface area (Å²) in [6.45, 7) is 8.07. The Morgan fingerprint density at radius 2 is 1.67 bits per heavy atom. The van der Waals surface area contributed by atoms with Crippen molar-refractivity contribution in [3.63, 3.8) is 0 Å². The van der Waals surface area contributed by atoms with Crippen molar-refractivity contribution in [2.45, 2.75) is 58.9 Å². The first-order valence-electron chi connectivity index (χ1n) is 7.46. The Labute approximate surface area is 113 Å². The average molecular weight is 247 g/mol. The first kappa shape index (κ1) is 15.2. The molecule has 1 heteroatoms. The van der Waals surface area contributed by atoms with Crippen LogP contribution < -0.4 is 5.32 Å². The molecule has 0 amide bonds. The lowest BCUT2D eigenvalue weighted by Crippen LogP contribution is -2.27. The third-order valence-corrected chi connectivity index (χ3v) is 3.41. The highest BCUT2D eigenvalue weighted by Crippen LogP contribution is 2.07. The summed E-state index contributed by atoms with van der Waals surface area (Å²) in [6.07, 6.45) is 6.44.